The van der Waals surface area contributed by atoms with Crippen LogP contribution in [0.2, 0.25) is 5.02 Å². The van der Waals surface area contributed by atoms with Crippen LogP contribution in [0.5, 0.6) is 0 Å². The first-order valence-electron chi connectivity index (χ1n) is 8.37. The Morgan fingerprint density at radius 2 is 1.96 bits per heavy atom. The van der Waals surface area contributed by atoms with Gasteiger partial charge in [-0.2, -0.15) is 5.26 Å². The summed E-state index contributed by atoms with van der Waals surface area (Å²) in [6, 6.07) is 15.6. The monoisotopic (exact) mass is 380 g/mol. The number of amides is 1. The number of carbonyl (C=O) groups excluding carboxylic acids is 1. The lowest BCUT2D eigenvalue weighted by Gasteiger charge is -2.25. The smallest absolute Gasteiger partial charge is 0.254 e. The average Bonchev–Trinajstić information content (AvgIpc) is 3.14. The summed E-state index contributed by atoms with van der Waals surface area (Å²) in [5, 5.41) is 17.8. The van der Waals surface area contributed by atoms with E-state index < -0.39 is 0 Å². The third-order valence-electron chi connectivity index (χ3n) is 3.99. The molecule has 0 spiro atoms. The summed E-state index contributed by atoms with van der Waals surface area (Å²) in [5.41, 5.74) is 1.63. The van der Waals surface area contributed by atoms with Crippen molar-refractivity contribution < 1.29 is 9.21 Å². The Labute approximate surface area is 162 Å². The molecule has 0 aliphatic heterocycles. The number of rotatable bonds is 5. The minimum absolute atomic E-state index is 0.0888. The Morgan fingerprint density at radius 3 is 2.63 bits per heavy atom. The number of nitriles is 1. The van der Waals surface area contributed by atoms with E-state index in [1.165, 1.54) is 0 Å². The number of nitrogens with zero attached hydrogens (tertiary/aromatic N) is 4. The molecule has 0 fully saturated rings. The van der Waals surface area contributed by atoms with Gasteiger partial charge in [-0.3, -0.25) is 4.79 Å². The zero-order chi connectivity index (χ0) is 19.4. The SMILES string of the molecule is CC(C)N(Cc1nnc(-c2ccc(Cl)cc2)o1)C(=O)c1cccc(C#N)c1. The van der Waals surface area contributed by atoms with Gasteiger partial charge in [0.25, 0.3) is 5.91 Å². The third-order valence-corrected chi connectivity index (χ3v) is 4.24. The largest absolute Gasteiger partial charge is 0.419 e. The number of hydrogen-bond acceptors (Lipinski definition) is 5. The predicted molar refractivity (Wildman–Crippen MR) is 101 cm³/mol. The standard InChI is InChI=1S/C20H17ClN4O2/c1-13(2)25(20(26)16-5-3-4-14(10-16)11-22)12-18-23-24-19(27-18)15-6-8-17(21)9-7-15/h3-10,13H,12H2,1-2H3. The number of hydrogen-bond donors (Lipinski definition) is 0. The van der Waals surface area contributed by atoms with E-state index in [4.69, 9.17) is 21.3 Å². The van der Waals surface area contributed by atoms with Crippen LogP contribution in [0.4, 0.5) is 0 Å². The highest BCUT2D eigenvalue weighted by molar-refractivity contribution is 6.30. The van der Waals surface area contributed by atoms with Crippen LogP contribution in [0.3, 0.4) is 0 Å². The fourth-order valence-electron chi connectivity index (χ4n) is 2.55. The Hall–Kier alpha value is -3.17. The molecule has 1 heterocycles. The Balaban J connectivity index is 1.81. The molecule has 0 unspecified atom stereocenters. The highest BCUT2D eigenvalue weighted by Crippen LogP contribution is 2.21. The molecule has 0 atom stereocenters. The molecule has 0 saturated heterocycles. The minimum Gasteiger partial charge on any atom is -0.419 e. The number of benzene rings is 2. The maximum absolute atomic E-state index is 12.9. The van der Waals surface area contributed by atoms with Gasteiger partial charge < -0.3 is 9.32 Å². The van der Waals surface area contributed by atoms with E-state index in [0.717, 1.165) is 5.56 Å². The number of aromatic nitrogens is 2. The zero-order valence-corrected chi connectivity index (χ0v) is 15.6. The lowest BCUT2D eigenvalue weighted by molar-refractivity contribution is 0.0672. The van der Waals surface area contributed by atoms with Gasteiger partial charge in [-0.05, 0) is 56.3 Å². The normalized spacial score (nSPS) is 10.6. The summed E-state index contributed by atoms with van der Waals surface area (Å²) in [7, 11) is 0. The second-order valence-electron chi connectivity index (χ2n) is 6.23. The van der Waals surface area contributed by atoms with Gasteiger partial charge in [0.05, 0.1) is 18.2 Å². The molecule has 0 bridgehead atoms. The molecule has 2 aromatic carbocycles. The van der Waals surface area contributed by atoms with Crippen molar-refractivity contribution in [2.75, 3.05) is 0 Å². The van der Waals surface area contributed by atoms with Gasteiger partial charge in [0.1, 0.15) is 0 Å². The lowest BCUT2D eigenvalue weighted by atomic mass is 10.1. The molecule has 3 rings (SSSR count). The molecule has 3 aromatic rings. The van der Waals surface area contributed by atoms with Gasteiger partial charge >= 0.3 is 0 Å². The van der Waals surface area contributed by atoms with Crippen molar-refractivity contribution in [3.05, 3.63) is 70.6 Å². The van der Waals surface area contributed by atoms with Crippen molar-refractivity contribution >= 4 is 17.5 Å². The molecule has 7 heteroatoms. The average molecular weight is 381 g/mol. The van der Waals surface area contributed by atoms with Gasteiger partial charge in [0.15, 0.2) is 0 Å². The van der Waals surface area contributed by atoms with Crippen LogP contribution in [0.1, 0.15) is 35.7 Å². The maximum Gasteiger partial charge on any atom is 0.254 e. The minimum atomic E-state index is -0.201. The van der Waals surface area contributed by atoms with E-state index in [1.807, 2.05) is 19.9 Å². The first-order chi connectivity index (χ1) is 13.0. The van der Waals surface area contributed by atoms with E-state index in [2.05, 4.69) is 10.2 Å². The van der Waals surface area contributed by atoms with Crippen molar-refractivity contribution in [3.8, 4) is 17.5 Å². The second-order valence-corrected chi connectivity index (χ2v) is 6.66. The van der Waals surface area contributed by atoms with Gasteiger partial charge in [-0.1, -0.05) is 17.7 Å². The van der Waals surface area contributed by atoms with Crippen LogP contribution in [0.15, 0.2) is 52.9 Å². The van der Waals surface area contributed by atoms with Crippen molar-refractivity contribution in [1.29, 1.82) is 5.26 Å². The lowest BCUT2D eigenvalue weighted by Crippen LogP contribution is -2.36. The van der Waals surface area contributed by atoms with E-state index in [-0.39, 0.29) is 18.5 Å². The van der Waals surface area contributed by atoms with Crippen LogP contribution >= 0.6 is 11.6 Å². The molecular weight excluding hydrogens is 364 g/mol. The summed E-state index contributed by atoms with van der Waals surface area (Å²) in [6.45, 7) is 3.99. The van der Waals surface area contributed by atoms with Crippen LogP contribution in [0.25, 0.3) is 11.5 Å². The number of carbonyl (C=O) groups is 1. The van der Waals surface area contributed by atoms with Crippen LogP contribution < -0.4 is 0 Å². The summed E-state index contributed by atoms with van der Waals surface area (Å²) in [6.07, 6.45) is 0. The molecule has 6 nitrogen and oxygen atoms in total. The molecular formula is C20H17ClN4O2. The fourth-order valence-corrected chi connectivity index (χ4v) is 2.67. The van der Waals surface area contributed by atoms with Gasteiger partial charge in [0.2, 0.25) is 11.8 Å². The van der Waals surface area contributed by atoms with Crippen LogP contribution in [-0.2, 0) is 6.54 Å². The molecule has 0 aliphatic carbocycles. The Morgan fingerprint density at radius 1 is 1.22 bits per heavy atom. The first-order valence-corrected chi connectivity index (χ1v) is 8.75. The molecule has 0 radical (unpaired) electrons. The molecule has 0 N–H and O–H groups in total. The molecule has 1 aromatic heterocycles. The summed E-state index contributed by atoms with van der Waals surface area (Å²) < 4.78 is 5.71. The zero-order valence-electron chi connectivity index (χ0n) is 14.9. The second kappa shape index (κ2) is 8.02. The molecule has 0 aliphatic rings. The van der Waals surface area contributed by atoms with Crippen molar-refractivity contribution in [2.24, 2.45) is 0 Å². The quantitative estimate of drug-likeness (QED) is 0.658. The van der Waals surface area contributed by atoms with Crippen LogP contribution in [0, 0.1) is 11.3 Å². The maximum atomic E-state index is 12.9. The van der Waals surface area contributed by atoms with Crippen molar-refractivity contribution in [2.45, 2.75) is 26.4 Å². The Kier molecular flexibility index (Phi) is 5.53. The van der Waals surface area contributed by atoms with Crippen molar-refractivity contribution in [1.82, 2.24) is 15.1 Å². The van der Waals surface area contributed by atoms with Gasteiger partial charge in [-0.15, -0.1) is 10.2 Å². The van der Waals surface area contributed by atoms with Gasteiger partial charge in [-0.25, -0.2) is 0 Å². The van der Waals surface area contributed by atoms with Crippen molar-refractivity contribution in [3.63, 3.8) is 0 Å². The van der Waals surface area contributed by atoms with Gasteiger partial charge in [0, 0.05) is 22.2 Å². The summed E-state index contributed by atoms with van der Waals surface area (Å²) >= 11 is 5.89. The summed E-state index contributed by atoms with van der Waals surface area (Å²) in [5.74, 6) is 0.496. The first kappa shape index (κ1) is 18.6. The van der Waals surface area contributed by atoms with E-state index >= 15 is 0 Å². The third kappa shape index (κ3) is 4.33. The predicted octanol–water partition coefficient (Wildman–Crippen LogP) is 4.31. The summed E-state index contributed by atoms with van der Waals surface area (Å²) in [4.78, 5) is 14.5. The van der Waals surface area contributed by atoms with E-state index in [9.17, 15) is 4.79 Å². The molecule has 1 amide bonds. The molecule has 0 saturated carbocycles. The van der Waals surface area contributed by atoms with E-state index in [1.54, 1.807) is 53.4 Å². The number of halogens is 1. The Bertz CT molecular complexity index is 990. The molecule has 27 heavy (non-hydrogen) atoms. The molecule has 136 valence electrons. The van der Waals surface area contributed by atoms with E-state index in [0.29, 0.717) is 27.9 Å². The topological polar surface area (TPSA) is 83.0 Å². The van der Waals surface area contributed by atoms with Crippen LogP contribution in [-0.4, -0.2) is 27.0 Å². The highest BCUT2D eigenvalue weighted by atomic mass is 35.5. The highest BCUT2D eigenvalue weighted by Gasteiger charge is 2.22. The fraction of sp³-hybridized carbons (Fsp3) is 0.200.